The number of anilines is 1. The third-order valence-electron chi connectivity index (χ3n) is 2.10. The molecular weight excluding hydrogens is 345 g/mol. The normalized spacial score (nSPS) is 10.5. The summed E-state index contributed by atoms with van der Waals surface area (Å²) in [7, 11) is 0. The molecule has 1 heterocycles. The molecule has 0 saturated heterocycles. The van der Waals surface area contributed by atoms with Crippen LogP contribution in [0.2, 0.25) is 9.36 Å². The number of rotatable bonds is 2. The summed E-state index contributed by atoms with van der Waals surface area (Å²) in [6.07, 6.45) is 0. The molecule has 0 fully saturated rings. The van der Waals surface area contributed by atoms with Crippen LogP contribution in [0.25, 0.3) is 0 Å². The van der Waals surface area contributed by atoms with Gasteiger partial charge in [0.25, 0.3) is 0 Å². The van der Waals surface area contributed by atoms with Gasteiger partial charge in [0, 0.05) is 15.7 Å². The maximum Gasteiger partial charge on any atom is 0.204 e. The van der Waals surface area contributed by atoms with Crippen LogP contribution in [0.4, 0.5) is 5.69 Å². The molecular formula is C11H6BrCl2NOS. The molecule has 0 bridgehead atoms. The minimum Gasteiger partial charge on any atom is -0.399 e. The van der Waals surface area contributed by atoms with Crippen molar-refractivity contribution in [1.82, 2.24) is 0 Å². The Bertz CT molecular complexity index is 578. The summed E-state index contributed by atoms with van der Waals surface area (Å²) < 4.78 is 1.24. The Labute approximate surface area is 120 Å². The molecule has 88 valence electrons. The van der Waals surface area contributed by atoms with E-state index >= 15 is 0 Å². The Kier molecular flexibility index (Phi) is 3.78. The number of carbonyl (C=O) groups excluding carboxylic acids is 1. The van der Waals surface area contributed by atoms with E-state index in [4.69, 9.17) is 28.9 Å². The second-order valence-electron chi connectivity index (χ2n) is 3.30. The number of benzene rings is 1. The number of hydrogen-bond donors (Lipinski definition) is 1. The molecule has 17 heavy (non-hydrogen) atoms. The highest BCUT2D eigenvalue weighted by atomic mass is 79.9. The molecule has 0 amide bonds. The molecule has 2 rings (SSSR count). The number of thiophene rings is 1. The second-order valence-corrected chi connectivity index (χ2v) is 6.22. The molecule has 2 N–H and O–H groups in total. The van der Waals surface area contributed by atoms with Crippen molar-refractivity contribution in [3.63, 3.8) is 0 Å². The SMILES string of the molecule is Nc1ccc(Cl)c(C(=O)c2cc(Br)c(Cl)s2)c1. The van der Waals surface area contributed by atoms with Crippen LogP contribution < -0.4 is 5.73 Å². The molecule has 0 radical (unpaired) electrons. The summed E-state index contributed by atoms with van der Waals surface area (Å²) in [4.78, 5) is 12.7. The number of halogens is 3. The van der Waals surface area contributed by atoms with Gasteiger partial charge in [-0.1, -0.05) is 23.2 Å². The maximum atomic E-state index is 12.2. The first kappa shape index (κ1) is 12.9. The smallest absolute Gasteiger partial charge is 0.204 e. The first-order chi connectivity index (χ1) is 7.99. The van der Waals surface area contributed by atoms with E-state index in [1.54, 1.807) is 24.3 Å². The minimum atomic E-state index is -0.181. The monoisotopic (exact) mass is 349 g/mol. The number of ketones is 1. The van der Waals surface area contributed by atoms with Gasteiger partial charge >= 0.3 is 0 Å². The number of hydrogen-bond acceptors (Lipinski definition) is 3. The molecule has 0 saturated carbocycles. The zero-order valence-corrected chi connectivity index (χ0v) is 12.3. The zero-order valence-electron chi connectivity index (χ0n) is 8.34. The van der Waals surface area contributed by atoms with Gasteiger partial charge in [0.1, 0.15) is 4.34 Å². The van der Waals surface area contributed by atoms with Gasteiger partial charge in [0.2, 0.25) is 5.78 Å². The van der Waals surface area contributed by atoms with Gasteiger partial charge in [-0.25, -0.2) is 0 Å². The van der Waals surface area contributed by atoms with Crippen LogP contribution in [-0.4, -0.2) is 5.78 Å². The van der Waals surface area contributed by atoms with Crippen molar-refractivity contribution in [2.24, 2.45) is 0 Å². The molecule has 0 aliphatic heterocycles. The van der Waals surface area contributed by atoms with Gasteiger partial charge in [0.15, 0.2) is 0 Å². The first-order valence-electron chi connectivity index (χ1n) is 4.53. The standard InChI is InChI=1S/C11H6BrCl2NOS/c12-7-4-9(17-11(7)14)10(16)6-3-5(15)1-2-8(6)13/h1-4H,15H2. The Morgan fingerprint density at radius 3 is 2.59 bits per heavy atom. The summed E-state index contributed by atoms with van der Waals surface area (Å²) in [5.74, 6) is -0.181. The largest absolute Gasteiger partial charge is 0.399 e. The Hall–Kier alpha value is -0.550. The summed E-state index contributed by atoms with van der Waals surface area (Å²) >= 11 is 16.3. The van der Waals surface area contributed by atoms with Crippen LogP contribution in [0.15, 0.2) is 28.7 Å². The lowest BCUT2D eigenvalue weighted by Gasteiger charge is -2.02. The van der Waals surface area contributed by atoms with E-state index in [1.807, 2.05) is 0 Å². The topological polar surface area (TPSA) is 43.1 Å². The van der Waals surface area contributed by atoms with Crippen molar-refractivity contribution >= 4 is 61.9 Å². The minimum absolute atomic E-state index is 0.181. The zero-order chi connectivity index (χ0) is 12.6. The van der Waals surface area contributed by atoms with Crippen LogP contribution in [0.5, 0.6) is 0 Å². The fourth-order valence-electron chi connectivity index (χ4n) is 1.31. The van der Waals surface area contributed by atoms with Crippen molar-refractivity contribution in [2.75, 3.05) is 5.73 Å². The van der Waals surface area contributed by atoms with E-state index in [-0.39, 0.29) is 5.78 Å². The fourth-order valence-corrected chi connectivity index (χ4v) is 3.17. The molecule has 0 spiro atoms. The van der Waals surface area contributed by atoms with Crippen LogP contribution in [0.3, 0.4) is 0 Å². The number of carbonyl (C=O) groups is 1. The van der Waals surface area contributed by atoms with Crippen molar-refractivity contribution < 1.29 is 4.79 Å². The van der Waals surface area contributed by atoms with Gasteiger partial charge in [-0.3, -0.25) is 4.79 Å². The molecule has 0 aliphatic rings. The maximum absolute atomic E-state index is 12.2. The summed E-state index contributed by atoms with van der Waals surface area (Å²) in [5, 5.41) is 0.379. The van der Waals surface area contributed by atoms with Gasteiger partial charge in [-0.15, -0.1) is 11.3 Å². The van der Waals surface area contributed by atoms with Crippen molar-refractivity contribution in [3.05, 3.63) is 48.5 Å². The number of nitrogen functional groups attached to an aromatic ring is 1. The average Bonchev–Trinajstić information content (AvgIpc) is 2.62. The van der Waals surface area contributed by atoms with Crippen molar-refractivity contribution in [3.8, 4) is 0 Å². The van der Waals surface area contributed by atoms with Crippen LogP contribution in [0, 0.1) is 0 Å². The third-order valence-corrected chi connectivity index (χ3v) is 4.91. The van der Waals surface area contributed by atoms with E-state index in [1.165, 1.54) is 11.3 Å². The predicted octanol–water partition coefficient (Wildman–Crippen LogP) is 4.63. The second kappa shape index (κ2) is 4.98. The van der Waals surface area contributed by atoms with E-state index in [9.17, 15) is 4.79 Å². The number of nitrogens with two attached hydrogens (primary N) is 1. The molecule has 2 aromatic rings. The van der Waals surface area contributed by atoms with Crippen LogP contribution >= 0.6 is 50.5 Å². The van der Waals surface area contributed by atoms with Gasteiger partial charge < -0.3 is 5.73 Å². The van der Waals surface area contributed by atoms with Crippen molar-refractivity contribution in [1.29, 1.82) is 0 Å². The highest BCUT2D eigenvalue weighted by Crippen LogP contribution is 2.34. The summed E-state index contributed by atoms with van der Waals surface area (Å²) in [5.41, 5.74) is 6.52. The van der Waals surface area contributed by atoms with E-state index in [0.717, 1.165) is 0 Å². The van der Waals surface area contributed by atoms with Gasteiger partial charge in [-0.05, 0) is 40.2 Å². The molecule has 1 aromatic carbocycles. The molecule has 1 aromatic heterocycles. The summed E-state index contributed by atoms with van der Waals surface area (Å²) in [6.45, 7) is 0. The highest BCUT2D eigenvalue weighted by Gasteiger charge is 2.17. The van der Waals surface area contributed by atoms with Gasteiger partial charge in [-0.2, -0.15) is 0 Å². The van der Waals surface area contributed by atoms with E-state index in [2.05, 4.69) is 15.9 Å². The molecule has 6 heteroatoms. The van der Waals surface area contributed by atoms with Gasteiger partial charge in [0.05, 0.1) is 9.90 Å². The lowest BCUT2D eigenvalue weighted by molar-refractivity contribution is 0.104. The highest BCUT2D eigenvalue weighted by molar-refractivity contribution is 9.10. The first-order valence-corrected chi connectivity index (χ1v) is 6.90. The van der Waals surface area contributed by atoms with E-state index in [0.29, 0.717) is 30.0 Å². The quantitative estimate of drug-likeness (QED) is 0.633. The molecule has 0 atom stereocenters. The van der Waals surface area contributed by atoms with E-state index < -0.39 is 0 Å². The van der Waals surface area contributed by atoms with Crippen molar-refractivity contribution in [2.45, 2.75) is 0 Å². The van der Waals surface area contributed by atoms with Crippen LogP contribution in [-0.2, 0) is 0 Å². The third kappa shape index (κ3) is 2.65. The van der Waals surface area contributed by atoms with Crippen LogP contribution in [0.1, 0.15) is 15.2 Å². The Balaban J connectivity index is 2.47. The predicted molar refractivity (Wildman–Crippen MR) is 76.3 cm³/mol. The molecule has 2 nitrogen and oxygen atoms in total. The Morgan fingerprint density at radius 1 is 1.29 bits per heavy atom. The average molecular weight is 351 g/mol. The molecule has 0 unspecified atom stereocenters. The summed E-state index contributed by atoms with van der Waals surface area (Å²) in [6, 6.07) is 6.49. The fraction of sp³-hybridized carbons (Fsp3) is 0. The molecule has 0 aliphatic carbocycles. The Morgan fingerprint density at radius 2 is 2.00 bits per heavy atom. The lowest BCUT2D eigenvalue weighted by atomic mass is 10.1. The lowest BCUT2D eigenvalue weighted by Crippen LogP contribution is -2.00.